The van der Waals surface area contributed by atoms with Crippen LogP contribution in [0.1, 0.15) is 103 Å². The SMILES string of the molecule is C=CCC[n+]1cn([C@@H]2O[C@H](CCP(=C)(C)C)[C@@H](O)[C@H]2O)c(=O)[nH]c1=O.C=CC[n+]1cn([C@@H]2O[C@H](CCP(=C)(C)C)[C@@H](O)[C@H]2O)c(=O)[nH]c1=O.C=Cn1c[n+]([C@@H]2O[C@H](CCP(=C)(C)C)[C@@H](O)[C@H]2O)c(=O)[nH]c1=O.C=P(C)(C)CC[C@H]1O[C@@H](n2c[n+](CCC)c(=O)[nH]c2=O)[C@H](O)[C@@H]1O.C=P(C)(C)CC[C@H]1O[C@@H](n2c[n+](CCCC)c(=O)[nH]c2=O)[C@H](O)[C@@H]1O. The van der Waals surface area contributed by atoms with Gasteiger partial charge in [-0.25, -0.2) is 61.6 Å². The van der Waals surface area contributed by atoms with Crippen LogP contribution >= 0.6 is 34.4 Å². The Morgan fingerprint density at radius 1 is 0.355 bits per heavy atom. The van der Waals surface area contributed by atoms with E-state index in [0.29, 0.717) is 64.6 Å². The van der Waals surface area contributed by atoms with Crippen molar-refractivity contribution < 1.29 is 97.6 Å². The van der Waals surface area contributed by atoms with Crippen molar-refractivity contribution in [3.05, 3.63) is 168 Å². The molecule has 0 spiro atoms. The summed E-state index contributed by atoms with van der Waals surface area (Å²) in [5.74, 6) is 0. The van der Waals surface area contributed by atoms with Crippen molar-refractivity contribution in [3.63, 3.8) is 0 Å². The third-order valence-corrected chi connectivity index (χ3v) is 27.6. The average molecular weight is 1810 g/mol. The van der Waals surface area contributed by atoms with Crippen LogP contribution in [0.3, 0.4) is 0 Å². The summed E-state index contributed by atoms with van der Waals surface area (Å²) in [5, 5.41) is 103. The first kappa shape index (κ1) is 103. The highest BCUT2D eigenvalue weighted by Crippen LogP contribution is 2.44. The van der Waals surface area contributed by atoms with Gasteiger partial charge in [0, 0.05) is 0 Å². The molecular weight excluding hydrogens is 1680 g/mol. The molecule has 10 rings (SSSR count). The summed E-state index contributed by atoms with van der Waals surface area (Å²) < 4.78 is 40.5. The summed E-state index contributed by atoms with van der Waals surface area (Å²) in [5.41, 5.74) is -6.24. The average Bonchev–Trinajstić information content (AvgIpc) is 1.69. The Kier molecular flexibility index (Phi) is 37.7. The smallest absolute Gasteiger partial charge is 0.387 e. The fourth-order valence-corrected chi connectivity index (χ4v) is 18.1. The van der Waals surface area contributed by atoms with Crippen LogP contribution in [-0.2, 0) is 49.9 Å². The molecular formula is C76H131N15O25P5+5. The normalized spacial score (nSPS) is 27.3. The zero-order chi connectivity index (χ0) is 91.0. The Bertz CT molecular complexity index is 5280. The second-order valence-corrected chi connectivity index (χ2v) is 55.9. The van der Waals surface area contributed by atoms with E-state index in [1.54, 1.807) is 6.08 Å². The maximum atomic E-state index is 12.1. The number of nitrogens with zero attached hydrogens (tertiary/aromatic N) is 10. The maximum absolute atomic E-state index is 12.1. The quantitative estimate of drug-likeness (QED) is 0.0112. The Morgan fingerprint density at radius 3 is 0.926 bits per heavy atom. The number of aromatic nitrogens is 15. The lowest BCUT2D eigenvalue weighted by atomic mass is 10.1. The van der Waals surface area contributed by atoms with Gasteiger partial charge in [-0.1, -0.05) is 45.6 Å². The van der Waals surface area contributed by atoms with E-state index in [-0.39, 0.29) is 6.54 Å². The molecule has 0 aliphatic carbocycles. The van der Waals surface area contributed by atoms with E-state index in [1.165, 1.54) is 62.2 Å². The van der Waals surface area contributed by atoms with Gasteiger partial charge >= 0.3 is 56.9 Å². The van der Waals surface area contributed by atoms with Gasteiger partial charge in [-0.2, -0.15) is 56.9 Å². The first-order valence-electron chi connectivity index (χ1n) is 39.7. The largest absolute Gasteiger partial charge is 0.450 e. The van der Waals surface area contributed by atoms with Gasteiger partial charge in [-0.05, 0) is 149 Å². The number of hydrogen-bond donors (Lipinski definition) is 15. The molecule has 5 aliphatic heterocycles. The van der Waals surface area contributed by atoms with Gasteiger partial charge in [0.05, 0.1) is 62.9 Å². The lowest BCUT2D eigenvalue weighted by Gasteiger charge is -2.18. The van der Waals surface area contributed by atoms with Gasteiger partial charge in [0.1, 0.15) is 61.0 Å². The van der Waals surface area contributed by atoms with Gasteiger partial charge < -0.3 is 74.7 Å². The number of aliphatic hydroxyl groups excluding tert-OH is 10. The van der Waals surface area contributed by atoms with Crippen LogP contribution in [0.5, 0.6) is 0 Å². The molecule has 20 atom stereocenters. The Morgan fingerprint density at radius 2 is 0.636 bits per heavy atom. The monoisotopic (exact) mass is 1810 g/mol. The Balaban J connectivity index is 0.000000234. The molecule has 5 aromatic heterocycles. The van der Waals surface area contributed by atoms with Gasteiger partial charge in [0.25, 0.3) is 0 Å². The standard InChI is InChI=1S/C16H28N3O5P.C16H26N3O5P.C15H26N3O5P.C15H24N3O5P.C14H22N3O5P/c2*1-5-6-8-18-10-19(16(23)17-15(18)22)14-13(21)12(20)11(24-14)7-9-25(2,3)4;2*1-5-7-17-9-18(15(22)16-14(17)21)13-12(20)11(19)10(23-13)6-8-24(2,3)4;1-5-16-8-17(14(21)15-13(16)20)12-11(19)10(18)9(22-12)6-7-23(2,3)4/h10-14,20-21H,2,5-9H2,1,3-4H3;5,10-14,20-21H,1-2,6-9H2,3-4H3;9-13,19-20H,2,5-8H2,1,3-4H3;5,9-13,19-20H,1-2,6-8H2,3-4H3;5,8-12,18-19H,1-2,6-7H2,3-4H3/p+5/t2*11-,12-,13-,14-;2*10-,11-,12-,13-;9-,10-,11-,12-/m11111/s1. The molecule has 680 valence electrons. The van der Waals surface area contributed by atoms with Crippen molar-refractivity contribution in [3.8, 4) is 0 Å². The summed E-state index contributed by atoms with van der Waals surface area (Å²) in [6.07, 6.45) is 21.3. The molecule has 5 aliphatic rings. The molecule has 5 aromatic rings. The van der Waals surface area contributed by atoms with E-state index in [4.69, 9.17) is 23.7 Å². The van der Waals surface area contributed by atoms with E-state index in [1.807, 2.05) is 13.8 Å². The van der Waals surface area contributed by atoms with Crippen LogP contribution in [0.25, 0.3) is 6.20 Å². The van der Waals surface area contributed by atoms with Crippen molar-refractivity contribution >= 4 is 72.1 Å². The lowest BCUT2D eigenvalue weighted by Crippen LogP contribution is -2.61. The minimum atomic E-state index is -1.29. The number of hydrogen-bond acceptors (Lipinski definition) is 25. The van der Waals surface area contributed by atoms with E-state index in [0.717, 1.165) is 71.1 Å². The number of nitrogens with one attached hydrogen (secondary N) is 5. The highest BCUT2D eigenvalue weighted by atomic mass is 31.2. The molecule has 5 fully saturated rings. The molecule has 10 heterocycles. The van der Waals surface area contributed by atoms with Crippen LogP contribution in [0.15, 0.2) is 111 Å². The summed E-state index contributed by atoms with van der Waals surface area (Å²) in [4.78, 5) is 130. The second-order valence-electron chi connectivity index (χ2n) is 34.3. The molecule has 0 aromatic carbocycles. The Labute approximate surface area is 700 Å². The number of allylic oxidation sites excluding steroid dienone is 2. The topological polar surface area (TPSA) is 542 Å². The van der Waals surface area contributed by atoms with Gasteiger partial charge in [-0.3, -0.25) is 0 Å². The highest BCUT2D eigenvalue weighted by molar-refractivity contribution is 7.73. The molecule has 40 nitrogen and oxygen atoms in total. The minimum Gasteiger partial charge on any atom is -0.387 e. The number of aliphatic hydroxyl groups is 10. The van der Waals surface area contributed by atoms with Crippen LogP contribution in [0.4, 0.5) is 0 Å². The third-order valence-electron chi connectivity index (χ3n) is 20.3. The first-order chi connectivity index (χ1) is 56.2. The Hall–Kier alpha value is -6.83. The summed E-state index contributed by atoms with van der Waals surface area (Å²) in [6, 6.07) is 0. The van der Waals surface area contributed by atoms with Gasteiger partial charge in [0.2, 0.25) is 62.8 Å². The molecule has 5 saturated heterocycles. The van der Waals surface area contributed by atoms with Gasteiger partial charge in [-0.15, -0.1) is 72.5 Å². The van der Waals surface area contributed by atoms with Crippen LogP contribution in [0.2, 0.25) is 0 Å². The third kappa shape index (κ3) is 29.1. The minimum absolute atomic E-state index is 0.199. The second kappa shape index (κ2) is 44.4. The van der Waals surface area contributed by atoms with Crippen molar-refractivity contribution in [1.82, 2.24) is 47.8 Å². The summed E-state index contributed by atoms with van der Waals surface area (Å²) in [6.45, 7) is 30.3. The van der Waals surface area contributed by atoms with Crippen molar-refractivity contribution in [2.45, 2.75) is 221 Å². The molecule has 121 heavy (non-hydrogen) atoms. The first-order valence-corrected chi connectivity index (χ1v) is 55.0. The van der Waals surface area contributed by atoms with E-state index in [2.05, 4.69) is 143 Å². The predicted molar refractivity (Wildman–Crippen MR) is 471 cm³/mol. The molecule has 0 bridgehead atoms. The van der Waals surface area contributed by atoms with Crippen LogP contribution in [0, 0.1) is 0 Å². The van der Waals surface area contributed by atoms with E-state index in [9.17, 15) is 99.0 Å². The number of ether oxygens (including phenoxy) is 5. The fraction of sp³-hybridized carbons (Fsp3) is 0.658. The molecule has 0 amide bonds. The number of unbranched alkanes of at least 4 members (excludes halogenated alkanes) is 1. The number of rotatable bonds is 31. The van der Waals surface area contributed by atoms with E-state index >= 15 is 0 Å². The predicted octanol–water partition coefficient (Wildman–Crippen LogP) is -5.21. The zero-order valence-corrected chi connectivity index (χ0v) is 75.8. The van der Waals surface area contributed by atoms with Crippen molar-refractivity contribution in [2.75, 3.05) is 97.5 Å². The highest BCUT2D eigenvalue weighted by Gasteiger charge is 2.51. The molecule has 0 radical (unpaired) electrons. The molecule has 45 heteroatoms. The van der Waals surface area contributed by atoms with E-state index < -0.39 is 214 Å². The fourth-order valence-electron chi connectivity index (χ4n) is 13.3. The molecule has 0 unspecified atom stereocenters. The maximum Gasteiger partial charge on any atom is 0.450 e. The van der Waals surface area contributed by atoms with Gasteiger partial charge in [0.15, 0.2) is 0 Å². The van der Waals surface area contributed by atoms with Crippen LogP contribution < -0.4 is 79.7 Å². The van der Waals surface area contributed by atoms with Crippen molar-refractivity contribution in [2.24, 2.45) is 0 Å². The molecule has 0 saturated carbocycles. The number of aryl methyl sites for hydroxylation is 3. The summed E-state index contributed by atoms with van der Waals surface area (Å²) in [7, 11) is 0. The van der Waals surface area contributed by atoms with Crippen molar-refractivity contribution in [1.29, 1.82) is 0 Å². The lowest BCUT2D eigenvalue weighted by molar-refractivity contribution is -0.783. The molecule has 15 N–H and O–H groups in total. The number of H-pyrrole nitrogens is 5. The zero-order valence-electron chi connectivity index (χ0n) is 71.4. The summed E-state index contributed by atoms with van der Waals surface area (Å²) >= 11 is 0. The van der Waals surface area contributed by atoms with Crippen LogP contribution in [-0.4, -0.2) is 319 Å². The number of aromatic amines is 5.